The molecule has 142 valence electrons. The van der Waals surface area contributed by atoms with Gasteiger partial charge in [-0.25, -0.2) is 9.59 Å². The largest absolute Gasteiger partial charge is 0.480 e. The molecule has 11 nitrogen and oxygen atoms in total. The Labute approximate surface area is 144 Å². The van der Waals surface area contributed by atoms with E-state index in [1.54, 1.807) is 0 Å². The molecular formula is C14H25N5O6. The fourth-order valence-electron chi connectivity index (χ4n) is 2.00. The standard InChI is InChI=1S/C14H25N5O6/c1-4-6(2)9(12-18-11(19-25-12)8(15)5-20)16-14(24)17-10(7(3)21)13(22)23/h6-10,20-21H,4-5,15H2,1-3H3,(H,22,23)(H2,16,17,24)/t6-,7?,8-,9?,10?/m0/s1. The van der Waals surface area contributed by atoms with Gasteiger partial charge in [-0.1, -0.05) is 25.4 Å². The number of aromatic nitrogens is 2. The number of nitrogens with one attached hydrogen (secondary N) is 2. The zero-order valence-corrected chi connectivity index (χ0v) is 14.3. The minimum Gasteiger partial charge on any atom is -0.480 e. The molecule has 3 unspecified atom stereocenters. The summed E-state index contributed by atoms with van der Waals surface area (Å²) in [6, 6.07) is -3.76. The van der Waals surface area contributed by atoms with Crippen LogP contribution in [-0.2, 0) is 4.79 Å². The van der Waals surface area contributed by atoms with Crippen molar-refractivity contribution in [3.8, 4) is 0 Å². The molecule has 0 aliphatic carbocycles. The zero-order chi connectivity index (χ0) is 19.1. The Morgan fingerprint density at radius 1 is 1.32 bits per heavy atom. The second-order valence-corrected chi connectivity index (χ2v) is 5.82. The summed E-state index contributed by atoms with van der Waals surface area (Å²) in [5.74, 6) is -1.29. The highest BCUT2D eigenvalue weighted by atomic mass is 16.5. The number of carboxylic acids is 1. The van der Waals surface area contributed by atoms with E-state index in [1.807, 2.05) is 13.8 Å². The molecule has 0 aromatic carbocycles. The van der Waals surface area contributed by atoms with Gasteiger partial charge in [0.1, 0.15) is 6.04 Å². The maximum absolute atomic E-state index is 12.1. The van der Waals surface area contributed by atoms with Crippen molar-refractivity contribution in [1.29, 1.82) is 0 Å². The van der Waals surface area contributed by atoms with E-state index in [9.17, 15) is 14.7 Å². The second-order valence-electron chi connectivity index (χ2n) is 5.82. The normalized spacial score (nSPS) is 17.2. The highest BCUT2D eigenvalue weighted by molar-refractivity contribution is 5.83. The van der Waals surface area contributed by atoms with E-state index in [-0.39, 0.29) is 24.2 Å². The molecule has 5 atom stereocenters. The van der Waals surface area contributed by atoms with Crippen molar-refractivity contribution in [3.63, 3.8) is 0 Å². The van der Waals surface area contributed by atoms with Crippen molar-refractivity contribution >= 4 is 12.0 Å². The summed E-state index contributed by atoms with van der Waals surface area (Å²) in [5, 5.41) is 35.9. The van der Waals surface area contributed by atoms with Crippen LogP contribution in [0.2, 0.25) is 0 Å². The molecule has 0 saturated carbocycles. The molecule has 25 heavy (non-hydrogen) atoms. The molecule has 1 aromatic heterocycles. The Bertz CT molecular complexity index is 578. The molecule has 0 bridgehead atoms. The van der Waals surface area contributed by atoms with Crippen molar-refractivity contribution in [2.45, 2.75) is 51.4 Å². The number of aliphatic hydroxyl groups is 2. The summed E-state index contributed by atoms with van der Waals surface area (Å²) in [5.41, 5.74) is 5.62. The average Bonchev–Trinajstić information content (AvgIpc) is 3.05. The van der Waals surface area contributed by atoms with Gasteiger partial charge in [-0.2, -0.15) is 4.98 Å². The summed E-state index contributed by atoms with van der Waals surface area (Å²) in [7, 11) is 0. The third kappa shape index (κ3) is 5.66. The molecule has 0 fully saturated rings. The van der Waals surface area contributed by atoms with Gasteiger partial charge in [0.15, 0.2) is 11.9 Å². The van der Waals surface area contributed by atoms with E-state index < -0.39 is 36.2 Å². The van der Waals surface area contributed by atoms with Crippen molar-refractivity contribution in [2.75, 3.05) is 6.61 Å². The number of amides is 2. The number of nitrogens with two attached hydrogens (primary N) is 1. The summed E-state index contributed by atoms with van der Waals surface area (Å²) in [6.07, 6.45) is -0.615. The molecule has 0 aliphatic rings. The second kappa shape index (κ2) is 9.30. The molecule has 7 N–H and O–H groups in total. The third-order valence-corrected chi connectivity index (χ3v) is 3.79. The number of aliphatic carboxylic acids is 1. The first-order chi connectivity index (χ1) is 11.7. The van der Waals surface area contributed by atoms with Crippen LogP contribution in [0.4, 0.5) is 4.79 Å². The van der Waals surface area contributed by atoms with Crippen LogP contribution < -0.4 is 16.4 Å². The maximum Gasteiger partial charge on any atom is 0.328 e. The molecule has 1 rings (SSSR count). The van der Waals surface area contributed by atoms with Crippen LogP contribution in [0.15, 0.2) is 4.52 Å². The summed E-state index contributed by atoms with van der Waals surface area (Å²) >= 11 is 0. The van der Waals surface area contributed by atoms with Crippen LogP contribution in [0, 0.1) is 5.92 Å². The van der Waals surface area contributed by atoms with Gasteiger partial charge in [0.05, 0.1) is 18.8 Å². The summed E-state index contributed by atoms with van der Waals surface area (Å²) in [4.78, 5) is 27.2. The topological polar surface area (TPSA) is 184 Å². The first kappa shape index (κ1) is 20.8. The highest BCUT2D eigenvalue weighted by Crippen LogP contribution is 2.23. The number of hydrogen-bond donors (Lipinski definition) is 6. The van der Waals surface area contributed by atoms with E-state index in [0.717, 1.165) is 0 Å². The van der Waals surface area contributed by atoms with Gasteiger partial charge in [0.25, 0.3) is 0 Å². The molecular weight excluding hydrogens is 334 g/mol. The molecule has 1 aromatic rings. The van der Waals surface area contributed by atoms with Gasteiger partial charge < -0.3 is 36.2 Å². The fraction of sp³-hybridized carbons (Fsp3) is 0.714. The zero-order valence-electron chi connectivity index (χ0n) is 14.3. The van der Waals surface area contributed by atoms with E-state index in [0.29, 0.717) is 6.42 Å². The fourth-order valence-corrected chi connectivity index (χ4v) is 2.00. The van der Waals surface area contributed by atoms with E-state index in [4.69, 9.17) is 20.5 Å². The molecule has 1 heterocycles. The predicted molar refractivity (Wildman–Crippen MR) is 85.3 cm³/mol. The SMILES string of the molecule is CC[C@H](C)C(NC(=O)NC(C(=O)O)C(C)O)c1nc([C@@H](N)CO)no1. The number of urea groups is 1. The van der Waals surface area contributed by atoms with E-state index in [1.165, 1.54) is 6.92 Å². The monoisotopic (exact) mass is 359 g/mol. The van der Waals surface area contributed by atoms with Crippen LogP contribution in [-0.4, -0.2) is 56.2 Å². The Morgan fingerprint density at radius 3 is 2.44 bits per heavy atom. The minimum atomic E-state index is -1.46. The Hall–Kier alpha value is -2.24. The van der Waals surface area contributed by atoms with Gasteiger partial charge in [0, 0.05) is 0 Å². The molecule has 0 aliphatic heterocycles. The van der Waals surface area contributed by atoms with Crippen LogP contribution in [0.25, 0.3) is 0 Å². The van der Waals surface area contributed by atoms with Gasteiger partial charge >= 0.3 is 12.0 Å². The quantitative estimate of drug-likeness (QED) is 0.331. The first-order valence-corrected chi connectivity index (χ1v) is 7.89. The Morgan fingerprint density at radius 2 is 1.96 bits per heavy atom. The lowest BCUT2D eigenvalue weighted by atomic mass is 9.99. The number of carbonyl (C=O) groups is 2. The lowest BCUT2D eigenvalue weighted by Crippen LogP contribution is -2.52. The summed E-state index contributed by atoms with van der Waals surface area (Å²) in [6.45, 7) is 4.62. The van der Waals surface area contributed by atoms with E-state index in [2.05, 4.69) is 20.8 Å². The third-order valence-electron chi connectivity index (χ3n) is 3.79. The molecule has 0 radical (unpaired) electrons. The van der Waals surface area contributed by atoms with E-state index >= 15 is 0 Å². The highest BCUT2D eigenvalue weighted by Gasteiger charge is 2.30. The van der Waals surface area contributed by atoms with Crippen molar-refractivity contribution in [3.05, 3.63) is 11.7 Å². The van der Waals surface area contributed by atoms with Crippen LogP contribution in [0.3, 0.4) is 0 Å². The van der Waals surface area contributed by atoms with Crippen molar-refractivity contribution in [1.82, 2.24) is 20.8 Å². The van der Waals surface area contributed by atoms with Gasteiger partial charge in [0.2, 0.25) is 5.89 Å². The van der Waals surface area contributed by atoms with Gasteiger partial charge in [-0.15, -0.1) is 0 Å². The predicted octanol–water partition coefficient (Wildman–Crippen LogP) is -0.718. The van der Waals surface area contributed by atoms with Crippen LogP contribution in [0.5, 0.6) is 0 Å². The van der Waals surface area contributed by atoms with Crippen LogP contribution >= 0.6 is 0 Å². The van der Waals surface area contributed by atoms with Crippen molar-refractivity contribution < 1.29 is 29.4 Å². The average molecular weight is 359 g/mol. The molecule has 0 saturated heterocycles. The maximum atomic E-state index is 12.1. The number of nitrogens with zero attached hydrogens (tertiary/aromatic N) is 2. The lowest BCUT2D eigenvalue weighted by molar-refractivity contribution is -0.141. The molecule has 0 spiro atoms. The summed E-state index contributed by atoms with van der Waals surface area (Å²) < 4.78 is 5.11. The van der Waals surface area contributed by atoms with Gasteiger partial charge in [-0.3, -0.25) is 0 Å². The number of hydrogen-bond acceptors (Lipinski definition) is 8. The number of aliphatic hydroxyl groups excluding tert-OH is 2. The lowest BCUT2D eigenvalue weighted by Gasteiger charge is -2.23. The molecule has 2 amide bonds. The number of rotatable bonds is 9. The number of carboxylic acid groups (broad SMARTS) is 1. The smallest absolute Gasteiger partial charge is 0.328 e. The van der Waals surface area contributed by atoms with Crippen LogP contribution in [0.1, 0.15) is 51.0 Å². The van der Waals surface area contributed by atoms with Crippen molar-refractivity contribution in [2.24, 2.45) is 11.7 Å². The first-order valence-electron chi connectivity index (χ1n) is 7.89. The number of carbonyl (C=O) groups excluding carboxylic acids is 1. The molecule has 11 heteroatoms. The minimum absolute atomic E-state index is 0.0901. The van der Waals surface area contributed by atoms with Gasteiger partial charge in [-0.05, 0) is 12.8 Å². The Kier molecular flexibility index (Phi) is 7.74. The Balaban J connectivity index is 2.91.